The molecular formula is C57H59NO. The van der Waals surface area contributed by atoms with Crippen LogP contribution in [0.25, 0.3) is 49.8 Å². The number of rotatable bonds is 6. The van der Waals surface area contributed by atoms with E-state index >= 15 is 0 Å². The van der Waals surface area contributed by atoms with Gasteiger partial charge in [-0.25, -0.2) is 0 Å². The van der Waals surface area contributed by atoms with Crippen LogP contribution in [0.5, 0.6) is 0 Å². The van der Waals surface area contributed by atoms with Crippen LogP contribution in [0.3, 0.4) is 0 Å². The van der Waals surface area contributed by atoms with Gasteiger partial charge in [0.05, 0.1) is 0 Å². The standard InChI is InChI=1S/C46H39NO.C7H8.2C2H6/c1-30-11-5-7-13-39(30)41-25-20-35(27-33(41)4)34-18-22-36(23-19-34)47(37-21-17-32(3)43(28-37)40-14-8-6-12-31(40)2)38-24-26-46-44(29-38)42-15-9-10-16-45(42)48-46;1-7-5-3-2-4-6-7;2*1-2/h5,7-11,13-29H,6,12H2,1-4H3;2-6H,1H3;2*1-2H3. The van der Waals surface area contributed by atoms with Gasteiger partial charge in [0.2, 0.25) is 0 Å². The van der Waals surface area contributed by atoms with Crippen LogP contribution in [0.2, 0.25) is 0 Å². The number of hydrogen-bond acceptors (Lipinski definition) is 2. The van der Waals surface area contributed by atoms with Crippen molar-refractivity contribution in [2.45, 2.75) is 75.2 Å². The van der Waals surface area contributed by atoms with E-state index in [0.717, 1.165) is 51.8 Å². The molecular weight excluding hydrogens is 715 g/mol. The lowest BCUT2D eigenvalue weighted by Crippen LogP contribution is -2.10. The van der Waals surface area contributed by atoms with Crippen molar-refractivity contribution in [3.8, 4) is 22.3 Å². The second kappa shape index (κ2) is 19.9. The van der Waals surface area contributed by atoms with Gasteiger partial charge in [-0.05, 0) is 146 Å². The van der Waals surface area contributed by atoms with Crippen molar-refractivity contribution in [2.75, 3.05) is 4.90 Å². The molecule has 0 radical (unpaired) electrons. The molecule has 59 heavy (non-hydrogen) atoms. The lowest BCUT2D eigenvalue weighted by Gasteiger charge is -2.27. The number of aryl methyl sites for hydroxylation is 4. The third kappa shape index (κ3) is 9.51. The fourth-order valence-corrected chi connectivity index (χ4v) is 7.80. The van der Waals surface area contributed by atoms with Crippen molar-refractivity contribution < 1.29 is 4.42 Å². The zero-order valence-electron chi connectivity index (χ0n) is 36.4. The van der Waals surface area contributed by atoms with Crippen LogP contribution in [-0.2, 0) is 0 Å². The molecule has 0 fully saturated rings. The van der Waals surface area contributed by atoms with Crippen molar-refractivity contribution in [1.29, 1.82) is 0 Å². The van der Waals surface area contributed by atoms with Crippen molar-refractivity contribution >= 4 is 44.6 Å². The minimum Gasteiger partial charge on any atom is -0.456 e. The maximum Gasteiger partial charge on any atom is 0.135 e. The summed E-state index contributed by atoms with van der Waals surface area (Å²) < 4.78 is 6.21. The van der Waals surface area contributed by atoms with E-state index in [1.807, 2.05) is 58.0 Å². The molecule has 1 aliphatic rings. The number of benzene rings is 7. The van der Waals surface area contributed by atoms with E-state index in [1.54, 1.807) is 0 Å². The van der Waals surface area contributed by atoms with Gasteiger partial charge >= 0.3 is 0 Å². The zero-order chi connectivity index (χ0) is 41.9. The molecule has 0 aliphatic heterocycles. The number of furan rings is 1. The van der Waals surface area contributed by atoms with E-state index in [1.165, 1.54) is 61.2 Å². The Morgan fingerprint density at radius 1 is 0.441 bits per heavy atom. The van der Waals surface area contributed by atoms with E-state index < -0.39 is 0 Å². The first-order valence-corrected chi connectivity index (χ1v) is 21.3. The summed E-state index contributed by atoms with van der Waals surface area (Å²) in [7, 11) is 0. The van der Waals surface area contributed by atoms with Gasteiger partial charge in [-0.2, -0.15) is 0 Å². The SMILES string of the molecule is CC.CC.CC1=C(c2cc(N(c3ccc(-c4ccc(-c5ccccc5C)c(C)c4)cc3)c3ccc4oc5ccccc5c4c3)ccc2C)C=CCC1.Cc1ccccc1. The summed E-state index contributed by atoms with van der Waals surface area (Å²) in [6.45, 7) is 19.0. The first-order chi connectivity index (χ1) is 28.8. The van der Waals surface area contributed by atoms with Gasteiger partial charge in [-0.1, -0.05) is 160 Å². The fraction of sp³-hybridized carbons (Fsp3) is 0.193. The topological polar surface area (TPSA) is 16.4 Å². The summed E-state index contributed by atoms with van der Waals surface area (Å²) in [5, 5.41) is 2.25. The molecule has 0 bridgehead atoms. The van der Waals surface area contributed by atoms with Crippen LogP contribution in [0.15, 0.2) is 180 Å². The number of anilines is 3. The predicted octanol–water partition coefficient (Wildman–Crippen LogP) is 17.5. The molecule has 0 amide bonds. The summed E-state index contributed by atoms with van der Waals surface area (Å²) in [5.74, 6) is 0. The third-order valence-electron chi connectivity index (χ3n) is 10.9. The monoisotopic (exact) mass is 773 g/mol. The highest BCUT2D eigenvalue weighted by molar-refractivity contribution is 6.06. The smallest absolute Gasteiger partial charge is 0.135 e. The molecule has 0 atom stereocenters. The average molecular weight is 774 g/mol. The molecule has 0 saturated carbocycles. The van der Waals surface area contributed by atoms with Gasteiger partial charge in [-0.3, -0.25) is 0 Å². The molecule has 0 saturated heterocycles. The molecule has 0 spiro atoms. The van der Waals surface area contributed by atoms with Crippen molar-refractivity contribution in [3.05, 3.63) is 203 Å². The average Bonchev–Trinajstić information content (AvgIpc) is 3.65. The summed E-state index contributed by atoms with van der Waals surface area (Å²) >= 11 is 0. The second-order valence-corrected chi connectivity index (χ2v) is 14.8. The predicted molar refractivity (Wildman–Crippen MR) is 258 cm³/mol. The van der Waals surface area contributed by atoms with Crippen LogP contribution in [0.4, 0.5) is 17.1 Å². The van der Waals surface area contributed by atoms with Crippen molar-refractivity contribution in [1.82, 2.24) is 0 Å². The largest absolute Gasteiger partial charge is 0.456 e. The van der Waals surface area contributed by atoms with E-state index in [4.69, 9.17) is 4.42 Å². The van der Waals surface area contributed by atoms with Crippen LogP contribution in [-0.4, -0.2) is 0 Å². The Hall–Kier alpha value is -6.38. The Balaban J connectivity index is 0.000000473. The molecule has 7 aromatic carbocycles. The quantitative estimate of drug-likeness (QED) is 0.167. The molecule has 1 aliphatic carbocycles. The van der Waals surface area contributed by atoms with Gasteiger partial charge < -0.3 is 9.32 Å². The second-order valence-electron chi connectivity index (χ2n) is 14.8. The Bertz CT molecular complexity index is 2690. The van der Waals surface area contributed by atoms with E-state index in [9.17, 15) is 0 Å². The molecule has 0 N–H and O–H groups in total. The highest BCUT2D eigenvalue weighted by Crippen LogP contribution is 2.41. The highest BCUT2D eigenvalue weighted by atomic mass is 16.3. The van der Waals surface area contributed by atoms with Crippen LogP contribution >= 0.6 is 0 Å². The summed E-state index contributed by atoms with van der Waals surface area (Å²) in [6.07, 6.45) is 6.83. The molecule has 8 aromatic rings. The molecule has 298 valence electrons. The van der Waals surface area contributed by atoms with E-state index in [-0.39, 0.29) is 0 Å². The molecule has 2 nitrogen and oxygen atoms in total. The van der Waals surface area contributed by atoms with Gasteiger partial charge in [0, 0.05) is 27.8 Å². The molecule has 0 unspecified atom stereocenters. The first kappa shape index (κ1) is 42.2. The maximum absolute atomic E-state index is 6.21. The third-order valence-corrected chi connectivity index (χ3v) is 10.9. The number of nitrogens with zero attached hydrogens (tertiary/aromatic N) is 1. The van der Waals surface area contributed by atoms with E-state index in [0.29, 0.717) is 0 Å². The number of hydrogen-bond donors (Lipinski definition) is 0. The van der Waals surface area contributed by atoms with Crippen LogP contribution in [0, 0.1) is 27.7 Å². The summed E-state index contributed by atoms with van der Waals surface area (Å²) in [4.78, 5) is 2.38. The van der Waals surface area contributed by atoms with Gasteiger partial charge in [0.1, 0.15) is 11.2 Å². The number of fused-ring (bicyclic) bond motifs is 3. The Morgan fingerprint density at radius 2 is 1.03 bits per heavy atom. The summed E-state index contributed by atoms with van der Waals surface area (Å²) in [6, 6.07) is 56.4. The van der Waals surface area contributed by atoms with Crippen LogP contribution < -0.4 is 4.90 Å². The van der Waals surface area contributed by atoms with Crippen molar-refractivity contribution in [3.63, 3.8) is 0 Å². The van der Waals surface area contributed by atoms with Gasteiger partial charge in [0.15, 0.2) is 0 Å². The lowest BCUT2D eigenvalue weighted by molar-refractivity contribution is 0.669. The van der Waals surface area contributed by atoms with Crippen LogP contribution in [0.1, 0.15) is 75.3 Å². The molecule has 9 rings (SSSR count). The lowest BCUT2D eigenvalue weighted by atomic mass is 9.90. The minimum atomic E-state index is 0.900. The zero-order valence-corrected chi connectivity index (χ0v) is 36.4. The highest BCUT2D eigenvalue weighted by Gasteiger charge is 2.18. The minimum absolute atomic E-state index is 0.900. The van der Waals surface area contributed by atoms with Crippen molar-refractivity contribution in [2.24, 2.45) is 0 Å². The van der Waals surface area contributed by atoms with Gasteiger partial charge in [0.25, 0.3) is 0 Å². The van der Waals surface area contributed by atoms with Gasteiger partial charge in [-0.15, -0.1) is 0 Å². The number of para-hydroxylation sites is 1. The maximum atomic E-state index is 6.21. The Labute approximate surface area is 353 Å². The fourth-order valence-electron chi connectivity index (χ4n) is 7.80. The Morgan fingerprint density at radius 3 is 1.73 bits per heavy atom. The van der Waals surface area contributed by atoms with E-state index in [2.05, 4.69) is 179 Å². The molecule has 1 heterocycles. The number of allylic oxidation sites excluding steroid dienone is 4. The first-order valence-electron chi connectivity index (χ1n) is 21.3. The molecule has 2 heteroatoms. The summed E-state index contributed by atoms with van der Waals surface area (Å²) in [5.41, 5.74) is 19.4. The Kier molecular flexibility index (Phi) is 14.2. The normalized spacial score (nSPS) is 11.9. The molecule has 1 aromatic heterocycles.